The van der Waals surface area contributed by atoms with Crippen LogP contribution >= 0.6 is 0 Å². The van der Waals surface area contributed by atoms with E-state index in [1.54, 1.807) is 26.0 Å². The van der Waals surface area contributed by atoms with E-state index < -0.39 is 5.54 Å². The van der Waals surface area contributed by atoms with E-state index in [0.29, 0.717) is 35.1 Å². The fourth-order valence-corrected chi connectivity index (χ4v) is 3.02. The van der Waals surface area contributed by atoms with Gasteiger partial charge in [0.15, 0.2) is 0 Å². The van der Waals surface area contributed by atoms with Crippen molar-refractivity contribution in [3.63, 3.8) is 0 Å². The molecule has 136 valence electrons. The monoisotopic (exact) mass is 346 g/mol. The van der Waals surface area contributed by atoms with Crippen molar-refractivity contribution in [1.82, 2.24) is 10.6 Å². The molecule has 1 atom stereocenters. The molecule has 2 rings (SSSR count). The summed E-state index contributed by atoms with van der Waals surface area (Å²) in [7, 11) is 0. The average Bonchev–Trinajstić information content (AvgIpc) is 3.12. The Morgan fingerprint density at radius 2 is 1.56 bits per heavy atom. The van der Waals surface area contributed by atoms with Gasteiger partial charge in [-0.1, -0.05) is 13.8 Å². The van der Waals surface area contributed by atoms with Crippen LogP contribution in [0, 0.1) is 19.8 Å². The van der Waals surface area contributed by atoms with Crippen molar-refractivity contribution in [3.05, 3.63) is 47.3 Å². The molecule has 2 N–H and O–H groups in total. The first-order chi connectivity index (χ1) is 11.7. The Balaban J connectivity index is 2.08. The maximum Gasteiger partial charge on any atom is 0.255 e. The smallest absolute Gasteiger partial charge is 0.255 e. The van der Waals surface area contributed by atoms with Gasteiger partial charge in [0, 0.05) is 6.54 Å². The number of hydrogen-bond donors (Lipinski definition) is 2. The molecule has 6 heteroatoms. The molecule has 0 aliphatic heterocycles. The molecule has 25 heavy (non-hydrogen) atoms. The molecule has 0 saturated heterocycles. The molecule has 0 aromatic carbocycles. The number of rotatable bonds is 7. The molecular formula is C19H26N2O4. The normalized spacial score (nSPS) is 13.5. The summed E-state index contributed by atoms with van der Waals surface area (Å²) in [6.07, 6.45) is 3.70. The van der Waals surface area contributed by atoms with Crippen molar-refractivity contribution in [1.29, 1.82) is 0 Å². The van der Waals surface area contributed by atoms with Crippen LogP contribution in [0.15, 0.2) is 33.5 Å². The molecule has 0 radical (unpaired) electrons. The van der Waals surface area contributed by atoms with Crippen LogP contribution in [0.3, 0.4) is 0 Å². The van der Waals surface area contributed by atoms with Crippen molar-refractivity contribution in [3.8, 4) is 0 Å². The van der Waals surface area contributed by atoms with E-state index in [0.717, 1.165) is 6.42 Å². The van der Waals surface area contributed by atoms with E-state index in [2.05, 4.69) is 24.5 Å². The molecule has 2 heterocycles. The Morgan fingerprint density at radius 3 is 2.00 bits per heavy atom. The van der Waals surface area contributed by atoms with Gasteiger partial charge >= 0.3 is 0 Å². The van der Waals surface area contributed by atoms with Gasteiger partial charge in [0.1, 0.15) is 11.5 Å². The Bertz CT molecular complexity index is 744. The number of nitrogens with one attached hydrogen (secondary N) is 2. The second-order valence-electron chi connectivity index (χ2n) is 7.08. The fraction of sp³-hybridized carbons (Fsp3) is 0.474. The molecule has 0 aliphatic carbocycles. The average molecular weight is 346 g/mol. The predicted molar refractivity (Wildman–Crippen MR) is 94.5 cm³/mol. The highest BCUT2D eigenvalue weighted by atomic mass is 16.3. The Morgan fingerprint density at radius 1 is 1.04 bits per heavy atom. The van der Waals surface area contributed by atoms with Crippen LogP contribution in [-0.2, 0) is 0 Å². The summed E-state index contributed by atoms with van der Waals surface area (Å²) in [5, 5.41) is 5.95. The molecule has 0 aliphatic rings. The largest absolute Gasteiger partial charge is 0.469 e. The van der Waals surface area contributed by atoms with Gasteiger partial charge in [-0.25, -0.2) is 0 Å². The maximum atomic E-state index is 12.6. The zero-order chi connectivity index (χ0) is 18.6. The van der Waals surface area contributed by atoms with Gasteiger partial charge in [-0.05, 0) is 45.2 Å². The number of hydrogen-bond acceptors (Lipinski definition) is 4. The van der Waals surface area contributed by atoms with Gasteiger partial charge in [0.05, 0.1) is 29.2 Å². The first kappa shape index (κ1) is 18.8. The van der Waals surface area contributed by atoms with Crippen LogP contribution in [0.4, 0.5) is 0 Å². The summed E-state index contributed by atoms with van der Waals surface area (Å²) in [6, 6.07) is 3.28. The minimum atomic E-state index is -0.581. The van der Waals surface area contributed by atoms with E-state index in [4.69, 9.17) is 8.83 Å². The van der Waals surface area contributed by atoms with Crippen molar-refractivity contribution in [2.24, 2.45) is 5.92 Å². The van der Waals surface area contributed by atoms with Gasteiger partial charge in [0.25, 0.3) is 11.8 Å². The van der Waals surface area contributed by atoms with Crippen LogP contribution < -0.4 is 10.6 Å². The van der Waals surface area contributed by atoms with Crippen LogP contribution in [0.25, 0.3) is 0 Å². The fourth-order valence-electron chi connectivity index (χ4n) is 3.02. The highest BCUT2D eigenvalue weighted by molar-refractivity contribution is 5.96. The Labute approximate surface area is 148 Å². The maximum absolute atomic E-state index is 12.6. The molecule has 0 unspecified atom stereocenters. The van der Waals surface area contributed by atoms with E-state index in [9.17, 15) is 9.59 Å². The van der Waals surface area contributed by atoms with Crippen molar-refractivity contribution < 1.29 is 18.4 Å². The molecule has 0 spiro atoms. The third-order valence-corrected chi connectivity index (χ3v) is 4.12. The number of aryl methyl sites for hydroxylation is 2. The van der Waals surface area contributed by atoms with Gasteiger partial charge in [0.2, 0.25) is 0 Å². The van der Waals surface area contributed by atoms with Gasteiger partial charge in [-0.15, -0.1) is 0 Å². The lowest BCUT2D eigenvalue weighted by atomic mass is 9.90. The summed E-state index contributed by atoms with van der Waals surface area (Å²) >= 11 is 0. The molecule has 6 nitrogen and oxygen atoms in total. The quantitative estimate of drug-likeness (QED) is 0.804. The summed E-state index contributed by atoms with van der Waals surface area (Å²) in [6.45, 7) is 9.90. The Hall–Kier alpha value is -2.50. The van der Waals surface area contributed by atoms with Crippen molar-refractivity contribution in [2.45, 2.75) is 46.6 Å². The third-order valence-electron chi connectivity index (χ3n) is 4.12. The zero-order valence-electron chi connectivity index (χ0n) is 15.4. The van der Waals surface area contributed by atoms with Gasteiger partial charge in [-0.3, -0.25) is 9.59 Å². The minimum absolute atomic E-state index is 0.205. The standard InChI is InChI=1S/C19H26N2O4/c1-12(2)10-19(5,21-18(23)16-7-9-25-14(16)4)11-20-17(22)15-6-8-24-13(15)3/h6-9,12H,10-11H2,1-5H3,(H,20,22)(H,21,23)/t19-/m1/s1. The topological polar surface area (TPSA) is 84.5 Å². The number of furan rings is 2. The highest BCUT2D eigenvalue weighted by Crippen LogP contribution is 2.19. The first-order valence-corrected chi connectivity index (χ1v) is 8.41. The lowest BCUT2D eigenvalue weighted by Gasteiger charge is -2.32. The lowest BCUT2D eigenvalue weighted by Crippen LogP contribution is -2.54. The Kier molecular flexibility index (Phi) is 5.72. The molecule has 0 saturated carbocycles. The first-order valence-electron chi connectivity index (χ1n) is 8.41. The molecule has 0 bridgehead atoms. The van der Waals surface area contributed by atoms with Crippen LogP contribution in [0.1, 0.15) is 59.4 Å². The molecule has 2 aromatic rings. The predicted octanol–water partition coefficient (Wildman–Crippen LogP) is 3.45. The summed E-state index contributed by atoms with van der Waals surface area (Å²) in [5.41, 5.74) is 0.429. The van der Waals surface area contributed by atoms with Crippen LogP contribution in [0.2, 0.25) is 0 Å². The summed E-state index contributed by atoms with van der Waals surface area (Å²) in [5.74, 6) is 1.07. The second kappa shape index (κ2) is 7.59. The van der Waals surface area contributed by atoms with Gasteiger partial charge < -0.3 is 19.5 Å². The molecule has 2 amide bonds. The number of carbonyl (C=O) groups excluding carboxylic acids is 2. The zero-order valence-corrected chi connectivity index (χ0v) is 15.4. The number of carbonyl (C=O) groups is 2. The van der Waals surface area contributed by atoms with Crippen LogP contribution in [-0.4, -0.2) is 23.9 Å². The second-order valence-corrected chi connectivity index (χ2v) is 7.08. The third kappa shape index (κ3) is 4.75. The van der Waals surface area contributed by atoms with E-state index >= 15 is 0 Å². The SMILES string of the molecule is Cc1occc1C(=O)NC[C@@](C)(CC(C)C)NC(=O)c1ccoc1C. The van der Waals surface area contributed by atoms with Crippen molar-refractivity contribution >= 4 is 11.8 Å². The molecule has 2 aromatic heterocycles. The van der Waals surface area contributed by atoms with E-state index in [-0.39, 0.29) is 11.8 Å². The molecular weight excluding hydrogens is 320 g/mol. The molecule has 0 fully saturated rings. The minimum Gasteiger partial charge on any atom is -0.469 e. The summed E-state index contributed by atoms with van der Waals surface area (Å²) < 4.78 is 10.4. The van der Waals surface area contributed by atoms with E-state index in [1.807, 2.05) is 6.92 Å². The number of amides is 2. The van der Waals surface area contributed by atoms with Crippen molar-refractivity contribution in [2.75, 3.05) is 6.54 Å². The highest BCUT2D eigenvalue weighted by Gasteiger charge is 2.30. The van der Waals surface area contributed by atoms with E-state index in [1.165, 1.54) is 12.5 Å². The lowest BCUT2D eigenvalue weighted by molar-refractivity contribution is 0.0859. The summed E-state index contributed by atoms with van der Waals surface area (Å²) in [4.78, 5) is 24.9. The van der Waals surface area contributed by atoms with Gasteiger partial charge in [-0.2, -0.15) is 0 Å². The van der Waals surface area contributed by atoms with Crippen LogP contribution in [0.5, 0.6) is 0 Å².